The van der Waals surface area contributed by atoms with Crippen LogP contribution in [0.3, 0.4) is 0 Å². The normalized spacial score (nSPS) is 16.4. The molecule has 0 spiro atoms. The van der Waals surface area contributed by atoms with Crippen LogP contribution in [0.15, 0.2) is 41.6 Å². The van der Waals surface area contributed by atoms with Gasteiger partial charge in [0.25, 0.3) is 0 Å². The number of aromatic nitrogens is 2. The minimum Gasteiger partial charge on any atom is -0.342 e. The van der Waals surface area contributed by atoms with Gasteiger partial charge in [0, 0.05) is 18.7 Å². The van der Waals surface area contributed by atoms with Crippen LogP contribution < -0.4 is 0 Å². The van der Waals surface area contributed by atoms with E-state index in [1.807, 2.05) is 0 Å². The second kappa shape index (κ2) is 9.15. The lowest BCUT2D eigenvalue weighted by atomic mass is 9.94. The van der Waals surface area contributed by atoms with E-state index in [4.69, 9.17) is 0 Å². The number of carbonyl (C=O) groups excluding carboxylic acids is 1. The Bertz CT molecular complexity index is 839. The highest BCUT2D eigenvalue weighted by molar-refractivity contribution is 8.00. The molecule has 1 amide bonds. The third kappa shape index (κ3) is 5.50. The summed E-state index contributed by atoms with van der Waals surface area (Å²) in [5.74, 6) is -0.107. The number of alkyl halides is 3. The molecule has 1 heterocycles. The average molecular weight is 424 g/mol. The smallest absolute Gasteiger partial charge is 0.342 e. The quantitative estimate of drug-likeness (QED) is 0.475. The molecule has 29 heavy (non-hydrogen) atoms. The van der Waals surface area contributed by atoms with Crippen molar-refractivity contribution in [3.63, 3.8) is 0 Å². The van der Waals surface area contributed by atoms with E-state index < -0.39 is 17.1 Å². The fraction of sp³-hybridized carbons (Fsp3) is 0.476. The molecule has 4 nitrogen and oxygen atoms in total. The number of halogens is 3. The first-order chi connectivity index (χ1) is 13.8. The minimum atomic E-state index is -4.59. The fourth-order valence-electron chi connectivity index (χ4n) is 3.52. The first-order valence-electron chi connectivity index (χ1n) is 9.70. The summed E-state index contributed by atoms with van der Waals surface area (Å²) in [6.07, 6.45) is 0.731. The van der Waals surface area contributed by atoms with Gasteiger partial charge in [-0.1, -0.05) is 61.4 Å². The van der Waals surface area contributed by atoms with Gasteiger partial charge < -0.3 is 4.90 Å². The third-order valence-corrected chi connectivity index (χ3v) is 6.11. The van der Waals surface area contributed by atoms with Gasteiger partial charge in [-0.3, -0.25) is 4.79 Å². The molecule has 1 atom stereocenters. The van der Waals surface area contributed by atoms with Gasteiger partial charge in [-0.15, -0.1) is 0 Å². The van der Waals surface area contributed by atoms with Crippen molar-refractivity contribution in [3.8, 4) is 11.3 Å². The van der Waals surface area contributed by atoms with Crippen molar-refractivity contribution in [1.82, 2.24) is 14.9 Å². The lowest BCUT2D eigenvalue weighted by Crippen LogP contribution is -2.42. The van der Waals surface area contributed by atoms with Crippen molar-refractivity contribution < 1.29 is 18.0 Å². The molecule has 0 saturated heterocycles. The lowest BCUT2D eigenvalue weighted by molar-refractivity contribution is -0.141. The van der Waals surface area contributed by atoms with Gasteiger partial charge in [-0.2, -0.15) is 13.2 Å². The van der Waals surface area contributed by atoms with Crippen molar-refractivity contribution in [3.05, 3.63) is 42.1 Å². The van der Waals surface area contributed by atoms with Crippen molar-refractivity contribution in [2.45, 2.75) is 61.7 Å². The molecule has 0 N–H and O–H groups in total. The first-order valence-corrected chi connectivity index (χ1v) is 10.6. The fourth-order valence-corrected chi connectivity index (χ4v) is 4.41. The largest absolute Gasteiger partial charge is 0.433 e. The summed E-state index contributed by atoms with van der Waals surface area (Å²) >= 11 is 0.970. The Morgan fingerprint density at radius 1 is 1.14 bits per heavy atom. The molecule has 0 radical (unpaired) electrons. The van der Waals surface area contributed by atoms with E-state index in [1.54, 1.807) is 49.2 Å². The molecule has 1 aromatic carbocycles. The summed E-state index contributed by atoms with van der Waals surface area (Å²) in [7, 11) is 1.78. The highest BCUT2D eigenvalue weighted by atomic mass is 32.2. The highest BCUT2D eigenvalue weighted by Crippen LogP contribution is 2.33. The van der Waals surface area contributed by atoms with Gasteiger partial charge in [0.05, 0.1) is 10.9 Å². The van der Waals surface area contributed by atoms with Gasteiger partial charge in [0.2, 0.25) is 5.91 Å². The van der Waals surface area contributed by atoms with Gasteiger partial charge in [0.1, 0.15) is 5.69 Å². The Kier molecular flexibility index (Phi) is 6.82. The van der Waals surface area contributed by atoms with E-state index in [0.717, 1.165) is 43.5 Å². The molecule has 1 aliphatic rings. The molecule has 156 valence electrons. The molecule has 0 bridgehead atoms. The Morgan fingerprint density at radius 2 is 1.79 bits per heavy atom. The van der Waals surface area contributed by atoms with Crippen LogP contribution in [0.5, 0.6) is 0 Å². The van der Waals surface area contributed by atoms with Crippen molar-refractivity contribution >= 4 is 17.7 Å². The third-order valence-electron chi connectivity index (χ3n) is 5.17. The van der Waals surface area contributed by atoms with E-state index >= 15 is 0 Å². The van der Waals surface area contributed by atoms with E-state index in [-0.39, 0.29) is 22.8 Å². The molecule has 1 aromatic heterocycles. The number of benzene rings is 1. The zero-order valence-electron chi connectivity index (χ0n) is 16.4. The zero-order chi connectivity index (χ0) is 21.0. The standard InChI is InChI=1S/C21H24F3N3OS/c1-14(19(28)27(2)16-11-7-4-8-12-16)29-20-25-17(15-9-5-3-6-10-15)13-18(26-20)21(22,23)24/h3,5-6,9-10,13-14,16H,4,7-8,11-12H2,1-2H3/t14-/m1/s1. The number of amides is 1. The first kappa shape index (κ1) is 21.6. The number of rotatable bonds is 5. The SMILES string of the molecule is C[C@@H](Sc1nc(-c2ccccc2)cc(C(F)(F)F)n1)C(=O)N(C)C1CCCCC1. The van der Waals surface area contributed by atoms with E-state index in [0.29, 0.717) is 5.56 Å². The van der Waals surface area contributed by atoms with Gasteiger partial charge >= 0.3 is 6.18 Å². The maximum absolute atomic E-state index is 13.4. The van der Waals surface area contributed by atoms with Crippen LogP contribution in [-0.4, -0.2) is 39.1 Å². The molecule has 1 fully saturated rings. The number of carbonyl (C=O) groups is 1. The zero-order valence-corrected chi connectivity index (χ0v) is 17.3. The van der Waals surface area contributed by atoms with Gasteiger partial charge in [-0.05, 0) is 25.8 Å². The maximum Gasteiger partial charge on any atom is 0.433 e. The number of thioether (sulfide) groups is 1. The van der Waals surface area contributed by atoms with Crippen LogP contribution in [0.1, 0.15) is 44.7 Å². The van der Waals surface area contributed by atoms with E-state index in [2.05, 4.69) is 9.97 Å². The predicted octanol–water partition coefficient (Wildman–Crippen LogP) is 5.43. The average Bonchev–Trinajstić information content (AvgIpc) is 2.73. The van der Waals surface area contributed by atoms with Crippen molar-refractivity contribution in [1.29, 1.82) is 0 Å². The number of nitrogens with zero attached hydrogens (tertiary/aromatic N) is 3. The summed E-state index contributed by atoms with van der Waals surface area (Å²) in [6.45, 7) is 1.69. The summed E-state index contributed by atoms with van der Waals surface area (Å²) in [5, 5.41) is -0.620. The maximum atomic E-state index is 13.4. The molecule has 1 saturated carbocycles. The Balaban J connectivity index is 1.82. The molecule has 0 aliphatic heterocycles. The summed E-state index contributed by atoms with van der Waals surface area (Å²) in [6, 6.07) is 9.80. The highest BCUT2D eigenvalue weighted by Gasteiger charge is 2.34. The lowest BCUT2D eigenvalue weighted by Gasteiger charge is -2.32. The Morgan fingerprint density at radius 3 is 2.41 bits per heavy atom. The summed E-state index contributed by atoms with van der Waals surface area (Å²) in [5.41, 5.74) is -0.245. The number of hydrogen-bond donors (Lipinski definition) is 0. The second-order valence-electron chi connectivity index (χ2n) is 7.29. The van der Waals surface area contributed by atoms with Crippen molar-refractivity contribution in [2.24, 2.45) is 0 Å². The minimum absolute atomic E-state index is 0.0448. The van der Waals surface area contributed by atoms with Crippen LogP contribution >= 0.6 is 11.8 Å². The molecule has 8 heteroatoms. The van der Waals surface area contributed by atoms with Crippen LogP contribution in [0.2, 0.25) is 0 Å². The molecular formula is C21H24F3N3OS. The molecule has 3 rings (SSSR count). The second-order valence-corrected chi connectivity index (χ2v) is 8.59. The number of hydrogen-bond acceptors (Lipinski definition) is 4. The Hall–Kier alpha value is -2.09. The summed E-state index contributed by atoms with van der Waals surface area (Å²) < 4.78 is 40.1. The summed E-state index contributed by atoms with van der Waals surface area (Å²) in [4.78, 5) is 22.5. The predicted molar refractivity (Wildman–Crippen MR) is 107 cm³/mol. The molecule has 2 aromatic rings. The van der Waals surface area contributed by atoms with Crippen LogP contribution in [0.4, 0.5) is 13.2 Å². The molecule has 0 unspecified atom stereocenters. The van der Waals surface area contributed by atoms with E-state index in [1.165, 1.54) is 6.42 Å². The molecule has 1 aliphatic carbocycles. The van der Waals surface area contributed by atoms with Gasteiger partial charge in [0.15, 0.2) is 5.16 Å². The Labute approximate surface area is 172 Å². The monoisotopic (exact) mass is 423 g/mol. The van der Waals surface area contributed by atoms with Crippen LogP contribution in [0.25, 0.3) is 11.3 Å². The van der Waals surface area contributed by atoms with Crippen LogP contribution in [0, 0.1) is 0 Å². The topological polar surface area (TPSA) is 46.1 Å². The van der Waals surface area contributed by atoms with Gasteiger partial charge in [-0.25, -0.2) is 9.97 Å². The van der Waals surface area contributed by atoms with Crippen molar-refractivity contribution in [2.75, 3.05) is 7.05 Å². The van der Waals surface area contributed by atoms with E-state index in [9.17, 15) is 18.0 Å². The molecular weight excluding hydrogens is 399 g/mol. The van der Waals surface area contributed by atoms with Crippen LogP contribution in [-0.2, 0) is 11.0 Å².